The molecule has 0 radical (unpaired) electrons. The highest BCUT2D eigenvalue weighted by molar-refractivity contribution is 5.94. The Morgan fingerprint density at radius 1 is 0.853 bits per heavy atom. The summed E-state index contributed by atoms with van der Waals surface area (Å²) in [7, 11) is 0. The first-order valence-electron chi connectivity index (χ1n) is 10.9. The Balaban J connectivity index is 1.18. The van der Waals surface area contributed by atoms with Gasteiger partial charge in [0.2, 0.25) is 0 Å². The number of fused-ring (bicyclic) bond motifs is 4. The van der Waals surface area contributed by atoms with E-state index in [2.05, 4.69) is 41.4 Å². The highest BCUT2D eigenvalue weighted by Crippen LogP contribution is 2.44. The summed E-state index contributed by atoms with van der Waals surface area (Å²) >= 11 is 0. The number of rotatable bonds is 4. The second-order valence-electron chi connectivity index (χ2n) is 8.06. The fourth-order valence-corrected chi connectivity index (χ4v) is 4.37. The van der Waals surface area contributed by atoms with Crippen molar-refractivity contribution in [2.24, 2.45) is 0 Å². The second-order valence-corrected chi connectivity index (χ2v) is 8.06. The molecule has 0 atom stereocenters. The molecule has 1 aliphatic carbocycles. The molecule has 5 heteroatoms. The minimum Gasteiger partial charge on any atom is -0.478 e. The van der Waals surface area contributed by atoms with E-state index in [0.29, 0.717) is 0 Å². The molecule has 0 fully saturated rings. The van der Waals surface area contributed by atoms with E-state index in [0.717, 1.165) is 16.3 Å². The van der Waals surface area contributed by atoms with E-state index in [9.17, 15) is 9.59 Å². The standard InChI is InChI=1S/C29H21NO4/c31-28(32)22-14-13-20-16-19(11-12-21(20)17-22)6-5-15-30-29(33)34-18-27-25-9-3-1-7-23(25)24-8-2-4-10-26(24)27/h1-4,7-14,16-17,27H,15,18H2,(H,30,33)(H,31,32). The number of nitrogens with one attached hydrogen (secondary N) is 1. The summed E-state index contributed by atoms with van der Waals surface area (Å²) < 4.78 is 5.51. The molecule has 1 amide bonds. The lowest BCUT2D eigenvalue weighted by atomic mass is 9.98. The van der Waals surface area contributed by atoms with Gasteiger partial charge in [-0.25, -0.2) is 9.59 Å². The molecule has 0 aromatic heterocycles. The van der Waals surface area contributed by atoms with Gasteiger partial charge in [-0.15, -0.1) is 0 Å². The van der Waals surface area contributed by atoms with Gasteiger partial charge in [0.25, 0.3) is 0 Å². The molecular weight excluding hydrogens is 426 g/mol. The maximum absolute atomic E-state index is 12.2. The molecule has 0 heterocycles. The number of hydrogen-bond donors (Lipinski definition) is 2. The predicted molar refractivity (Wildman–Crippen MR) is 131 cm³/mol. The smallest absolute Gasteiger partial charge is 0.407 e. The Morgan fingerprint density at radius 2 is 1.50 bits per heavy atom. The molecule has 166 valence electrons. The summed E-state index contributed by atoms with van der Waals surface area (Å²) in [5.41, 5.74) is 5.75. The molecule has 0 spiro atoms. The van der Waals surface area contributed by atoms with Crippen LogP contribution in [0, 0.1) is 11.8 Å². The van der Waals surface area contributed by atoms with Crippen LogP contribution in [0.3, 0.4) is 0 Å². The number of aromatic carboxylic acids is 1. The number of carbonyl (C=O) groups excluding carboxylic acids is 1. The number of hydrogen-bond acceptors (Lipinski definition) is 3. The minimum absolute atomic E-state index is 0.0171. The van der Waals surface area contributed by atoms with Crippen molar-refractivity contribution in [1.29, 1.82) is 0 Å². The van der Waals surface area contributed by atoms with Gasteiger partial charge in [0, 0.05) is 11.5 Å². The van der Waals surface area contributed by atoms with Crippen LogP contribution in [0.2, 0.25) is 0 Å². The topological polar surface area (TPSA) is 75.6 Å². The van der Waals surface area contributed by atoms with Crippen LogP contribution in [-0.4, -0.2) is 30.3 Å². The van der Waals surface area contributed by atoms with Crippen molar-refractivity contribution in [3.8, 4) is 23.0 Å². The number of carboxylic acids is 1. The Labute approximate surface area is 197 Å². The molecule has 5 rings (SSSR count). The molecule has 0 saturated heterocycles. The fraction of sp³-hybridized carbons (Fsp3) is 0.103. The Kier molecular flexibility index (Phi) is 5.72. The van der Waals surface area contributed by atoms with Crippen LogP contribution >= 0.6 is 0 Å². The summed E-state index contributed by atoms with van der Waals surface area (Å²) in [6, 6.07) is 26.9. The van der Waals surface area contributed by atoms with Crippen molar-refractivity contribution in [2.45, 2.75) is 5.92 Å². The van der Waals surface area contributed by atoms with Crippen molar-refractivity contribution in [1.82, 2.24) is 5.32 Å². The molecule has 2 N–H and O–H groups in total. The lowest BCUT2D eigenvalue weighted by molar-refractivity contribution is 0.0697. The Bertz CT molecular complexity index is 1430. The van der Waals surface area contributed by atoms with Crippen LogP contribution in [0.4, 0.5) is 4.79 Å². The number of alkyl carbamates (subject to hydrolysis) is 1. The fourth-order valence-electron chi connectivity index (χ4n) is 4.37. The molecule has 0 aliphatic heterocycles. The quantitative estimate of drug-likeness (QED) is 0.409. The maximum atomic E-state index is 12.2. The molecule has 1 aliphatic rings. The van der Waals surface area contributed by atoms with Crippen molar-refractivity contribution in [2.75, 3.05) is 13.2 Å². The lowest BCUT2D eigenvalue weighted by Gasteiger charge is -2.14. The highest BCUT2D eigenvalue weighted by atomic mass is 16.5. The van der Waals surface area contributed by atoms with E-state index in [4.69, 9.17) is 9.84 Å². The largest absolute Gasteiger partial charge is 0.478 e. The van der Waals surface area contributed by atoms with Crippen molar-refractivity contribution in [3.63, 3.8) is 0 Å². The molecule has 0 bridgehead atoms. The zero-order chi connectivity index (χ0) is 23.5. The minimum atomic E-state index is -0.954. The van der Waals surface area contributed by atoms with E-state index in [1.165, 1.54) is 22.3 Å². The third kappa shape index (κ3) is 4.22. The first-order chi connectivity index (χ1) is 16.6. The summed E-state index contributed by atoms with van der Waals surface area (Å²) in [6.07, 6.45) is -0.504. The van der Waals surface area contributed by atoms with Gasteiger partial charge >= 0.3 is 12.1 Å². The van der Waals surface area contributed by atoms with E-state index < -0.39 is 12.1 Å². The van der Waals surface area contributed by atoms with E-state index in [-0.39, 0.29) is 24.6 Å². The number of carboxylic acid groups (broad SMARTS) is 1. The Hall–Kier alpha value is -4.56. The van der Waals surface area contributed by atoms with Crippen molar-refractivity contribution in [3.05, 3.63) is 107 Å². The van der Waals surface area contributed by atoms with Crippen LogP contribution in [0.25, 0.3) is 21.9 Å². The molecule has 0 saturated carbocycles. The van der Waals surface area contributed by atoms with Gasteiger partial charge < -0.3 is 15.2 Å². The zero-order valence-electron chi connectivity index (χ0n) is 18.2. The molecule has 0 unspecified atom stereocenters. The third-order valence-corrected chi connectivity index (χ3v) is 5.98. The van der Waals surface area contributed by atoms with Gasteiger partial charge in [0.15, 0.2) is 0 Å². The molecule has 34 heavy (non-hydrogen) atoms. The third-order valence-electron chi connectivity index (χ3n) is 5.98. The number of ether oxygens (including phenoxy) is 1. The van der Waals surface area contributed by atoms with Crippen molar-refractivity contribution < 1.29 is 19.4 Å². The average Bonchev–Trinajstić information content (AvgIpc) is 3.18. The zero-order valence-corrected chi connectivity index (χ0v) is 18.2. The highest BCUT2D eigenvalue weighted by Gasteiger charge is 2.28. The van der Waals surface area contributed by atoms with Crippen molar-refractivity contribution >= 4 is 22.8 Å². The van der Waals surface area contributed by atoms with E-state index in [1.54, 1.807) is 18.2 Å². The second kappa shape index (κ2) is 9.13. The summed E-state index contributed by atoms with van der Waals surface area (Å²) in [6.45, 7) is 0.420. The first-order valence-corrected chi connectivity index (χ1v) is 10.9. The van der Waals surface area contributed by atoms with E-state index in [1.807, 2.05) is 42.5 Å². The molecular formula is C29H21NO4. The maximum Gasteiger partial charge on any atom is 0.407 e. The summed E-state index contributed by atoms with van der Waals surface area (Å²) in [5.74, 6) is 5.01. The molecule has 4 aromatic rings. The van der Waals surface area contributed by atoms with Gasteiger partial charge in [0.1, 0.15) is 6.61 Å². The normalized spacial score (nSPS) is 11.8. The predicted octanol–water partition coefficient (Wildman–Crippen LogP) is 5.43. The van der Waals surface area contributed by atoms with Crippen LogP contribution < -0.4 is 5.32 Å². The van der Waals surface area contributed by atoms with Gasteiger partial charge in [-0.05, 0) is 57.3 Å². The van der Waals surface area contributed by atoms with Crippen LogP contribution in [0.5, 0.6) is 0 Å². The van der Waals surface area contributed by atoms with Gasteiger partial charge in [-0.1, -0.05) is 72.5 Å². The summed E-state index contributed by atoms with van der Waals surface area (Å²) in [5, 5.41) is 13.5. The monoisotopic (exact) mass is 447 g/mol. The van der Waals surface area contributed by atoms with Crippen LogP contribution in [0.15, 0.2) is 84.9 Å². The van der Waals surface area contributed by atoms with Crippen LogP contribution in [-0.2, 0) is 4.74 Å². The average molecular weight is 447 g/mol. The van der Waals surface area contributed by atoms with Gasteiger partial charge in [-0.3, -0.25) is 0 Å². The summed E-state index contributed by atoms with van der Waals surface area (Å²) in [4.78, 5) is 23.4. The molecule has 4 aromatic carbocycles. The number of carbonyl (C=O) groups is 2. The van der Waals surface area contributed by atoms with Gasteiger partial charge in [-0.2, -0.15) is 0 Å². The Morgan fingerprint density at radius 3 is 2.21 bits per heavy atom. The number of benzene rings is 4. The first kappa shape index (κ1) is 21.3. The van der Waals surface area contributed by atoms with Gasteiger partial charge in [0.05, 0.1) is 12.1 Å². The number of amides is 1. The molecule has 5 nitrogen and oxygen atoms in total. The lowest BCUT2D eigenvalue weighted by Crippen LogP contribution is -2.26. The van der Waals surface area contributed by atoms with E-state index >= 15 is 0 Å². The van der Waals surface area contributed by atoms with Crippen LogP contribution in [0.1, 0.15) is 33.0 Å². The SMILES string of the molecule is O=C(NCC#Cc1ccc2cc(C(=O)O)ccc2c1)OCC1c2ccccc2-c2ccccc21.